The molecule has 0 aliphatic carbocycles. The molecule has 2 aromatic carbocycles. The summed E-state index contributed by atoms with van der Waals surface area (Å²) in [6, 6.07) is 15.5. The molecule has 1 unspecified atom stereocenters. The number of nitriles is 1. The Morgan fingerprint density at radius 3 is 2.29 bits per heavy atom. The Labute approximate surface area is 162 Å². The number of nitrogens with two attached hydrogens (primary N) is 1. The summed E-state index contributed by atoms with van der Waals surface area (Å²) >= 11 is 0. The molecule has 0 fully saturated rings. The highest BCUT2D eigenvalue weighted by atomic mass is 19.1. The molecule has 0 spiro atoms. The molecule has 2 aromatic rings. The van der Waals surface area contributed by atoms with Crippen LogP contribution in [-0.4, -0.2) is 12.6 Å². The van der Waals surface area contributed by atoms with Crippen molar-refractivity contribution in [3.63, 3.8) is 0 Å². The summed E-state index contributed by atoms with van der Waals surface area (Å²) in [5.41, 5.74) is 8.74. The third-order valence-corrected chi connectivity index (χ3v) is 4.52. The number of benzene rings is 2. The van der Waals surface area contributed by atoms with Crippen molar-refractivity contribution in [1.29, 1.82) is 5.26 Å². The number of nitrogens with zero attached hydrogens (tertiary/aromatic N) is 1. The van der Waals surface area contributed by atoms with Gasteiger partial charge in [0.2, 0.25) is 5.88 Å². The van der Waals surface area contributed by atoms with E-state index in [4.69, 9.17) is 15.2 Å². The summed E-state index contributed by atoms with van der Waals surface area (Å²) in [6.45, 7) is 3.53. The fourth-order valence-electron chi connectivity index (χ4n) is 3.20. The van der Waals surface area contributed by atoms with Crippen molar-refractivity contribution in [3.8, 4) is 17.2 Å². The standard InChI is InChI=1S/C22H19FN2O3/c1-3-27-22(26)19-13(2)28-21(25)18(12-24)20(19)16-6-4-14(5-7-16)15-8-10-17(23)11-9-15/h4-11,20H,3,25H2,1-2H3. The van der Waals surface area contributed by atoms with E-state index in [1.54, 1.807) is 26.0 Å². The van der Waals surface area contributed by atoms with E-state index in [0.29, 0.717) is 11.3 Å². The highest BCUT2D eigenvalue weighted by Crippen LogP contribution is 2.40. The number of carbonyl (C=O) groups excluding carboxylic acids is 1. The van der Waals surface area contributed by atoms with Crippen LogP contribution in [0.15, 0.2) is 71.3 Å². The summed E-state index contributed by atoms with van der Waals surface area (Å²) in [4.78, 5) is 12.5. The summed E-state index contributed by atoms with van der Waals surface area (Å²) in [5.74, 6) is -1.25. The first-order valence-electron chi connectivity index (χ1n) is 8.77. The van der Waals surface area contributed by atoms with Gasteiger partial charge in [0.1, 0.15) is 23.2 Å². The van der Waals surface area contributed by atoms with Gasteiger partial charge < -0.3 is 15.2 Å². The number of hydrogen-bond acceptors (Lipinski definition) is 5. The second kappa shape index (κ2) is 7.97. The molecule has 1 aliphatic rings. The number of esters is 1. The smallest absolute Gasteiger partial charge is 0.338 e. The highest BCUT2D eigenvalue weighted by molar-refractivity contribution is 5.92. The van der Waals surface area contributed by atoms with Crippen molar-refractivity contribution in [1.82, 2.24) is 0 Å². The molecule has 5 nitrogen and oxygen atoms in total. The Bertz CT molecular complexity index is 1000. The zero-order chi connectivity index (χ0) is 20.3. The largest absolute Gasteiger partial charge is 0.463 e. The van der Waals surface area contributed by atoms with Crippen molar-refractivity contribution in [2.24, 2.45) is 5.73 Å². The molecular weight excluding hydrogens is 359 g/mol. The molecule has 0 amide bonds. The Balaban J connectivity index is 2.04. The van der Waals surface area contributed by atoms with Gasteiger partial charge in [0.05, 0.1) is 18.1 Å². The molecule has 3 rings (SSSR count). The second-order valence-corrected chi connectivity index (χ2v) is 6.24. The van der Waals surface area contributed by atoms with Crippen LogP contribution in [0, 0.1) is 17.1 Å². The van der Waals surface area contributed by atoms with E-state index in [0.717, 1.165) is 11.1 Å². The van der Waals surface area contributed by atoms with Gasteiger partial charge in [0, 0.05) is 0 Å². The maximum atomic E-state index is 13.1. The zero-order valence-electron chi connectivity index (χ0n) is 15.5. The molecule has 0 saturated heterocycles. The van der Waals surface area contributed by atoms with Crippen molar-refractivity contribution in [2.45, 2.75) is 19.8 Å². The van der Waals surface area contributed by atoms with Crippen LogP contribution < -0.4 is 5.73 Å². The minimum absolute atomic E-state index is 0.0272. The van der Waals surface area contributed by atoms with Crippen LogP contribution in [0.3, 0.4) is 0 Å². The lowest BCUT2D eigenvalue weighted by Crippen LogP contribution is -2.25. The van der Waals surface area contributed by atoms with Gasteiger partial charge in [-0.3, -0.25) is 0 Å². The van der Waals surface area contributed by atoms with E-state index >= 15 is 0 Å². The maximum absolute atomic E-state index is 13.1. The quantitative estimate of drug-likeness (QED) is 0.808. The second-order valence-electron chi connectivity index (χ2n) is 6.24. The van der Waals surface area contributed by atoms with Gasteiger partial charge in [-0.05, 0) is 42.7 Å². The molecule has 6 heteroatoms. The van der Waals surface area contributed by atoms with E-state index in [1.165, 1.54) is 12.1 Å². The predicted molar refractivity (Wildman–Crippen MR) is 102 cm³/mol. The van der Waals surface area contributed by atoms with E-state index in [2.05, 4.69) is 0 Å². The van der Waals surface area contributed by atoms with Gasteiger partial charge in [-0.15, -0.1) is 0 Å². The van der Waals surface area contributed by atoms with Crippen LogP contribution in [0.25, 0.3) is 11.1 Å². The average Bonchev–Trinajstić information content (AvgIpc) is 2.68. The van der Waals surface area contributed by atoms with Crippen molar-refractivity contribution in [3.05, 3.63) is 82.7 Å². The number of halogens is 1. The topological polar surface area (TPSA) is 85.3 Å². The molecular formula is C22H19FN2O3. The van der Waals surface area contributed by atoms with E-state index in [-0.39, 0.29) is 29.5 Å². The summed E-state index contributed by atoms with van der Waals surface area (Å²) < 4.78 is 23.7. The van der Waals surface area contributed by atoms with E-state index in [9.17, 15) is 14.4 Å². The SMILES string of the molecule is CCOC(=O)C1=C(C)OC(N)=C(C#N)C1c1ccc(-c2ccc(F)cc2)cc1. The van der Waals surface area contributed by atoms with Crippen LogP contribution in [-0.2, 0) is 14.3 Å². The average molecular weight is 378 g/mol. The van der Waals surface area contributed by atoms with Crippen LogP contribution in [0.5, 0.6) is 0 Å². The summed E-state index contributed by atoms with van der Waals surface area (Å²) in [5, 5.41) is 9.59. The van der Waals surface area contributed by atoms with E-state index in [1.807, 2.05) is 30.3 Å². The summed E-state index contributed by atoms with van der Waals surface area (Å²) in [7, 11) is 0. The Hall–Kier alpha value is -3.59. The molecule has 2 N–H and O–H groups in total. The molecule has 142 valence electrons. The molecule has 0 bridgehead atoms. The van der Waals surface area contributed by atoms with Crippen LogP contribution >= 0.6 is 0 Å². The van der Waals surface area contributed by atoms with E-state index < -0.39 is 11.9 Å². The summed E-state index contributed by atoms with van der Waals surface area (Å²) in [6.07, 6.45) is 0. The number of carbonyl (C=O) groups is 1. The molecule has 1 atom stereocenters. The third kappa shape index (κ3) is 3.60. The Morgan fingerprint density at radius 1 is 1.18 bits per heavy atom. The van der Waals surface area contributed by atoms with Gasteiger partial charge in [-0.25, -0.2) is 9.18 Å². The number of rotatable bonds is 4. The molecule has 1 heterocycles. The molecule has 28 heavy (non-hydrogen) atoms. The molecule has 0 saturated carbocycles. The molecule has 0 aromatic heterocycles. The number of ether oxygens (including phenoxy) is 2. The fourth-order valence-corrected chi connectivity index (χ4v) is 3.20. The van der Waals surface area contributed by atoms with Crippen LogP contribution in [0.4, 0.5) is 4.39 Å². The highest BCUT2D eigenvalue weighted by Gasteiger charge is 2.36. The zero-order valence-corrected chi connectivity index (χ0v) is 15.5. The molecule has 0 radical (unpaired) electrons. The van der Waals surface area contributed by atoms with Gasteiger partial charge >= 0.3 is 5.97 Å². The van der Waals surface area contributed by atoms with Crippen molar-refractivity contribution >= 4 is 5.97 Å². The van der Waals surface area contributed by atoms with Crippen LogP contribution in [0.2, 0.25) is 0 Å². The lowest BCUT2D eigenvalue weighted by atomic mass is 9.82. The Morgan fingerprint density at radius 2 is 1.75 bits per heavy atom. The first kappa shape index (κ1) is 19.2. The van der Waals surface area contributed by atoms with Gasteiger partial charge in [0.25, 0.3) is 0 Å². The predicted octanol–water partition coefficient (Wildman–Crippen LogP) is 4.14. The van der Waals surface area contributed by atoms with Gasteiger partial charge in [0.15, 0.2) is 0 Å². The minimum atomic E-state index is -0.680. The monoisotopic (exact) mass is 378 g/mol. The first-order valence-corrected chi connectivity index (χ1v) is 8.77. The lowest BCUT2D eigenvalue weighted by Gasteiger charge is -2.27. The van der Waals surface area contributed by atoms with Gasteiger partial charge in [-0.1, -0.05) is 36.4 Å². The minimum Gasteiger partial charge on any atom is -0.463 e. The molecule has 1 aliphatic heterocycles. The number of allylic oxidation sites excluding steroid dienone is 2. The third-order valence-electron chi connectivity index (χ3n) is 4.52. The van der Waals surface area contributed by atoms with Crippen molar-refractivity contribution < 1.29 is 18.7 Å². The van der Waals surface area contributed by atoms with Gasteiger partial charge in [-0.2, -0.15) is 5.26 Å². The first-order chi connectivity index (χ1) is 13.5. The number of hydrogen-bond donors (Lipinski definition) is 1. The van der Waals surface area contributed by atoms with Crippen LogP contribution in [0.1, 0.15) is 25.3 Å². The lowest BCUT2D eigenvalue weighted by molar-refractivity contribution is -0.139. The maximum Gasteiger partial charge on any atom is 0.338 e. The Kier molecular flexibility index (Phi) is 5.46. The fraction of sp³-hybridized carbons (Fsp3) is 0.182. The normalized spacial score (nSPS) is 16.4. The van der Waals surface area contributed by atoms with Crippen molar-refractivity contribution in [2.75, 3.05) is 6.61 Å².